The minimum Gasteiger partial charge on any atom is -0.454 e. The van der Waals surface area contributed by atoms with Crippen molar-refractivity contribution in [3.05, 3.63) is 94.8 Å². The standard InChI is InChI=1S/C27H28ClFO/c28-23-14-12-22(13-15-23)27(17-5-2-6-18-27)19-7-8-21-11-16-25(29)26(20-21)30-24-9-3-1-4-10-24/h1,3-4,9-16,20H,2,5-8,17-19H2. The van der Waals surface area contributed by atoms with Crippen LogP contribution in [0.25, 0.3) is 0 Å². The van der Waals surface area contributed by atoms with Gasteiger partial charge in [0.1, 0.15) is 5.75 Å². The van der Waals surface area contributed by atoms with E-state index in [1.165, 1.54) is 43.7 Å². The highest BCUT2D eigenvalue weighted by Gasteiger charge is 2.33. The Morgan fingerprint density at radius 3 is 2.33 bits per heavy atom. The zero-order valence-electron chi connectivity index (χ0n) is 17.2. The minimum absolute atomic E-state index is 0.242. The number of halogens is 2. The zero-order chi connectivity index (χ0) is 20.8. The maximum atomic E-state index is 14.2. The van der Waals surface area contributed by atoms with Crippen LogP contribution in [-0.4, -0.2) is 0 Å². The smallest absolute Gasteiger partial charge is 0.165 e. The first kappa shape index (κ1) is 20.9. The molecule has 1 nitrogen and oxygen atoms in total. The molecule has 0 atom stereocenters. The minimum atomic E-state index is -0.326. The Morgan fingerprint density at radius 1 is 0.867 bits per heavy atom. The SMILES string of the molecule is Fc1ccc(CCCC2(c3ccc(Cl)cc3)CCCCC2)cc1Oc1ccccc1. The van der Waals surface area contributed by atoms with Crippen LogP contribution in [0, 0.1) is 5.82 Å². The molecule has 3 heteroatoms. The van der Waals surface area contributed by atoms with E-state index in [2.05, 4.69) is 12.1 Å². The molecule has 0 unspecified atom stereocenters. The summed E-state index contributed by atoms with van der Waals surface area (Å²) in [6, 6.07) is 23.0. The molecule has 0 N–H and O–H groups in total. The number of aryl methyl sites for hydroxylation is 1. The first-order valence-corrected chi connectivity index (χ1v) is 11.3. The maximum Gasteiger partial charge on any atom is 0.165 e. The Morgan fingerprint density at radius 2 is 1.60 bits per heavy atom. The summed E-state index contributed by atoms with van der Waals surface area (Å²) in [5.74, 6) is 0.619. The van der Waals surface area contributed by atoms with Gasteiger partial charge in [-0.3, -0.25) is 0 Å². The van der Waals surface area contributed by atoms with E-state index >= 15 is 0 Å². The Bertz CT molecular complexity index is 946. The fourth-order valence-corrected chi connectivity index (χ4v) is 4.87. The lowest BCUT2D eigenvalue weighted by Gasteiger charge is -2.38. The van der Waals surface area contributed by atoms with Crippen LogP contribution in [0.15, 0.2) is 72.8 Å². The lowest BCUT2D eigenvalue weighted by atomic mass is 9.66. The monoisotopic (exact) mass is 422 g/mol. The summed E-state index contributed by atoms with van der Waals surface area (Å²) in [6.45, 7) is 0. The Hall–Kier alpha value is -2.32. The molecule has 3 aromatic rings. The zero-order valence-corrected chi connectivity index (χ0v) is 18.0. The van der Waals surface area contributed by atoms with Crippen molar-refractivity contribution in [1.82, 2.24) is 0 Å². The fraction of sp³-hybridized carbons (Fsp3) is 0.333. The molecule has 0 bridgehead atoms. The van der Waals surface area contributed by atoms with Gasteiger partial charge in [-0.05, 0) is 85.0 Å². The molecule has 156 valence electrons. The predicted molar refractivity (Wildman–Crippen MR) is 122 cm³/mol. The lowest BCUT2D eigenvalue weighted by molar-refractivity contribution is 0.268. The molecule has 30 heavy (non-hydrogen) atoms. The molecule has 0 radical (unpaired) electrons. The van der Waals surface area contributed by atoms with E-state index in [9.17, 15) is 4.39 Å². The van der Waals surface area contributed by atoms with Crippen molar-refractivity contribution >= 4 is 11.6 Å². The van der Waals surface area contributed by atoms with Gasteiger partial charge in [0.25, 0.3) is 0 Å². The van der Waals surface area contributed by atoms with E-state index in [0.717, 1.165) is 29.8 Å². The van der Waals surface area contributed by atoms with Gasteiger partial charge in [-0.2, -0.15) is 0 Å². The molecule has 0 heterocycles. The van der Waals surface area contributed by atoms with E-state index in [-0.39, 0.29) is 11.2 Å². The molecule has 1 fully saturated rings. The van der Waals surface area contributed by atoms with Crippen molar-refractivity contribution in [2.24, 2.45) is 0 Å². The summed E-state index contributed by atoms with van der Waals surface area (Å²) in [5, 5.41) is 0.793. The second-order valence-corrected chi connectivity index (χ2v) is 8.82. The van der Waals surface area contributed by atoms with Crippen LogP contribution >= 0.6 is 11.6 Å². The molecule has 0 saturated heterocycles. The summed E-state index contributed by atoms with van der Waals surface area (Å²) in [5.41, 5.74) is 2.77. The van der Waals surface area contributed by atoms with Gasteiger partial charge in [-0.15, -0.1) is 0 Å². The highest BCUT2D eigenvalue weighted by molar-refractivity contribution is 6.30. The average molecular weight is 423 g/mol. The third-order valence-electron chi connectivity index (χ3n) is 6.35. The molecule has 1 saturated carbocycles. The third kappa shape index (κ3) is 5.05. The van der Waals surface area contributed by atoms with Crippen molar-refractivity contribution in [3.63, 3.8) is 0 Å². The molecule has 4 rings (SSSR count). The summed E-state index contributed by atoms with van der Waals surface area (Å²) in [6.07, 6.45) is 9.50. The normalized spacial score (nSPS) is 15.7. The summed E-state index contributed by atoms with van der Waals surface area (Å²) < 4.78 is 20.0. The molecule has 1 aliphatic rings. The molecular weight excluding hydrogens is 395 g/mol. The fourth-order valence-electron chi connectivity index (χ4n) is 4.74. The van der Waals surface area contributed by atoms with Crippen molar-refractivity contribution in [3.8, 4) is 11.5 Å². The van der Waals surface area contributed by atoms with Gasteiger partial charge < -0.3 is 4.74 Å². The van der Waals surface area contributed by atoms with E-state index in [1.807, 2.05) is 54.6 Å². The van der Waals surface area contributed by atoms with Gasteiger partial charge in [-0.25, -0.2) is 4.39 Å². The van der Waals surface area contributed by atoms with Crippen molar-refractivity contribution in [1.29, 1.82) is 0 Å². The highest BCUT2D eigenvalue weighted by Crippen LogP contribution is 2.43. The molecule has 1 aliphatic carbocycles. The Kier molecular flexibility index (Phi) is 6.74. The predicted octanol–water partition coefficient (Wildman–Crippen LogP) is 8.50. The van der Waals surface area contributed by atoms with Crippen LogP contribution in [0.1, 0.15) is 56.1 Å². The maximum absolute atomic E-state index is 14.2. The van der Waals surface area contributed by atoms with Crippen LogP contribution < -0.4 is 4.74 Å². The molecule has 3 aromatic carbocycles. The van der Waals surface area contributed by atoms with Gasteiger partial charge in [0.15, 0.2) is 11.6 Å². The molecular formula is C27H28ClFO. The quantitative estimate of drug-likeness (QED) is 0.370. The molecule has 0 aromatic heterocycles. The molecule has 0 amide bonds. The second-order valence-electron chi connectivity index (χ2n) is 8.38. The van der Waals surface area contributed by atoms with Crippen LogP contribution in [0.5, 0.6) is 11.5 Å². The van der Waals surface area contributed by atoms with Gasteiger partial charge >= 0.3 is 0 Å². The van der Waals surface area contributed by atoms with E-state index in [4.69, 9.17) is 16.3 Å². The molecule has 0 aliphatic heterocycles. The Balaban J connectivity index is 1.44. The molecule has 0 spiro atoms. The number of benzene rings is 3. The van der Waals surface area contributed by atoms with E-state index < -0.39 is 0 Å². The van der Waals surface area contributed by atoms with Crippen LogP contribution in [0.3, 0.4) is 0 Å². The van der Waals surface area contributed by atoms with Crippen molar-refractivity contribution < 1.29 is 9.13 Å². The number of hydrogen-bond acceptors (Lipinski definition) is 1. The van der Waals surface area contributed by atoms with Gasteiger partial charge in [0.2, 0.25) is 0 Å². The van der Waals surface area contributed by atoms with Crippen LogP contribution in [-0.2, 0) is 11.8 Å². The summed E-state index contributed by atoms with van der Waals surface area (Å²) in [7, 11) is 0. The number of hydrogen-bond donors (Lipinski definition) is 0. The number of rotatable bonds is 7. The Labute approximate surface area is 183 Å². The van der Waals surface area contributed by atoms with Gasteiger partial charge in [0, 0.05) is 5.02 Å². The van der Waals surface area contributed by atoms with Crippen LogP contribution in [0.2, 0.25) is 5.02 Å². The number of para-hydroxylation sites is 1. The van der Waals surface area contributed by atoms with Gasteiger partial charge in [0.05, 0.1) is 0 Å². The topological polar surface area (TPSA) is 9.23 Å². The first-order chi connectivity index (χ1) is 14.6. The summed E-state index contributed by atoms with van der Waals surface area (Å²) in [4.78, 5) is 0. The van der Waals surface area contributed by atoms with E-state index in [1.54, 1.807) is 0 Å². The highest BCUT2D eigenvalue weighted by atomic mass is 35.5. The van der Waals surface area contributed by atoms with E-state index in [0.29, 0.717) is 11.5 Å². The largest absolute Gasteiger partial charge is 0.454 e. The van der Waals surface area contributed by atoms with Crippen molar-refractivity contribution in [2.45, 2.75) is 56.8 Å². The first-order valence-electron chi connectivity index (χ1n) is 10.9. The average Bonchev–Trinajstić information content (AvgIpc) is 2.78. The third-order valence-corrected chi connectivity index (χ3v) is 6.61. The lowest BCUT2D eigenvalue weighted by Crippen LogP contribution is -2.29. The number of ether oxygens (including phenoxy) is 1. The second kappa shape index (κ2) is 9.66. The van der Waals surface area contributed by atoms with Crippen molar-refractivity contribution in [2.75, 3.05) is 0 Å². The van der Waals surface area contributed by atoms with Crippen LogP contribution in [0.4, 0.5) is 4.39 Å². The summed E-state index contributed by atoms with van der Waals surface area (Å²) >= 11 is 6.12. The van der Waals surface area contributed by atoms with Gasteiger partial charge in [-0.1, -0.05) is 67.3 Å².